The second-order valence-corrected chi connectivity index (χ2v) is 2.87. The van der Waals surface area contributed by atoms with Crippen LogP contribution in [0.2, 0.25) is 0 Å². The maximum absolute atomic E-state index is 8.80. The van der Waals surface area contributed by atoms with Crippen molar-refractivity contribution < 1.29 is 14.6 Å². The third-order valence-electron chi connectivity index (χ3n) is 2.15. The van der Waals surface area contributed by atoms with Crippen molar-refractivity contribution in [2.75, 3.05) is 13.2 Å². The van der Waals surface area contributed by atoms with Crippen LogP contribution in [-0.4, -0.2) is 42.7 Å². The van der Waals surface area contributed by atoms with E-state index < -0.39 is 0 Å². The zero-order valence-electron chi connectivity index (χ0n) is 6.33. The summed E-state index contributed by atoms with van der Waals surface area (Å²) in [5.41, 5.74) is 8.06. The van der Waals surface area contributed by atoms with Gasteiger partial charge in [0, 0.05) is 4.91 Å². The molecular weight excluding hydrogens is 162 g/mol. The molecule has 0 aromatic carbocycles. The molecule has 2 heterocycles. The topological polar surface area (TPSA) is 90.8 Å². The van der Waals surface area contributed by atoms with Gasteiger partial charge in [0.1, 0.15) is 18.3 Å². The van der Waals surface area contributed by atoms with E-state index in [9.17, 15) is 0 Å². The molecule has 0 bridgehead atoms. The molecule has 0 aromatic heterocycles. The van der Waals surface area contributed by atoms with Gasteiger partial charge < -0.3 is 14.6 Å². The minimum absolute atomic E-state index is 0.0221. The first-order valence-electron chi connectivity index (χ1n) is 3.79. The van der Waals surface area contributed by atoms with E-state index in [1.165, 1.54) is 0 Å². The number of rotatable bonds is 3. The first kappa shape index (κ1) is 7.82. The Labute approximate surface area is 68.7 Å². The van der Waals surface area contributed by atoms with E-state index in [1.54, 1.807) is 0 Å². The van der Waals surface area contributed by atoms with Crippen LogP contribution in [0.5, 0.6) is 0 Å². The molecule has 6 nitrogen and oxygen atoms in total. The second-order valence-electron chi connectivity index (χ2n) is 2.87. The molecule has 2 saturated heterocycles. The van der Waals surface area contributed by atoms with Crippen LogP contribution in [0.3, 0.4) is 0 Å². The number of epoxide rings is 1. The highest BCUT2D eigenvalue weighted by Crippen LogP contribution is 2.39. The van der Waals surface area contributed by atoms with E-state index in [2.05, 4.69) is 10.0 Å². The molecule has 2 fully saturated rings. The summed E-state index contributed by atoms with van der Waals surface area (Å²) in [6.07, 6.45) is -0.335. The van der Waals surface area contributed by atoms with Crippen molar-refractivity contribution in [2.24, 2.45) is 5.11 Å². The maximum atomic E-state index is 8.80. The van der Waals surface area contributed by atoms with E-state index in [1.807, 2.05) is 0 Å². The lowest BCUT2D eigenvalue weighted by Gasteiger charge is -2.13. The lowest BCUT2D eigenvalue weighted by atomic mass is 10.2. The highest BCUT2D eigenvalue weighted by molar-refractivity contribution is 5.03. The van der Waals surface area contributed by atoms with Crippen LogP contribution >= 0.6 is 0 Å². The molecule has 2 rings (SSSR count). The minimum Gasteiger partial charge on any atom is -0.394 e. The number of azide groups is 1. The molecular formula is C6H9N3O3. The van der Waals surface area contributed by atoms with Crippen molar-refractivity contribution in [1.29, 1.82) is 0 Å². The van der Waals surface area contributed by atoms with Crippen molar-refractivity contribution in [2.45, 2.75) is 24.4 Å². The van der Waals surface area contributed by atoms with Gasteiger partial charge in [0.25, 0.3) is 0 Å². The highest BCUT2D eigenvalue weighted by atomic mass is 16.7. The van der Waals surface area contributed by atoms with Crippen molar-refractivity contribution in [3.8, 4) is 0 Å². The molecule has 4 atom stereocenters. The quantitative estimate of drug-likeness (QED) is 0.276. The zero-order valence-corrected chi connectivity index (χ0v) is 6.33. The van der Waals surface area contributed by atoms with Crippen LogP contribution < -0.4 is 0 Å². The Morgan fingerprint density at radius 1 is 1.33 bits per heavy atom. The summed E-state index contributed by atoms with van der Waals surface area (Å²) in [5, 5.41) is 12.2. The van der Waals surface area contributed by atoms with Crippen LogP contribution in [0.15, 0.2) is 5.11 Å². The lowest BCUT2D eigenvalue weighted by Crippen LogP contribution is -2.24. The Bertz CT molecular complexity index is 228. The fourth-order valence-corrected chi connectivity index (χ4v) is 1.52. The smallest absolute Gasteiger partial charge is 0.115 e. The molecule has 0 aromatic rings. The fraction of sp³-hybridized carbons (Fsp3) is 1.00. The van der Waals surface area contributed by atoms with Crippen LogP contribution in [0, 0.1) is 0 Å². The molecule has 66 valence electrons. The van der Waals surface area contributed by atoms with Crippen LogP contribution in [0.25, 0.3) is 10.4 Å². The van der Waals surface area contributed by atoms with E-state index in [0.29, 0.717) is 0 Å². The predicted octanol–water partition coefficient (Wildman–Crippen LogP) is -0.176. The number of ether oxygens (including phenoxy) is 2. The van der Waals surface area contributed by atoms with Crippen molar-refractivity contribution in [3.63, 3.8) is 0 Å². The van der Waals surface area contributed by atoms with E-state index in [4.69, 9.17) is 20.1 Å². The van der Waals surface area contributed by atoms with Gasteiger partial charge in [-0.3, -0.25) is 0 Å². The molecule has 2 aliphatic rings. The number of nitrogens with zero attached hydrogens (tertiary/aromatic N) is 3. The summed E-state index contributed by atoms with van der Waals surface area (Å²) < 4.78 is 10.5. The number of aliphatic hydroxyl groups excluding tert-OH is 1. The normalized spacial score (nSPS) is 43.4. The van der Waals surface area contributed by atoms with Crippen LogP contribution in [0.4, 0.5) is 0 Å². The minimum atomic E-state index is -0.228. The van der Waals surface area contributed by atoms with Gasteiger partial charge in [0.05, 0.1) is 19.3 Å². The second kappa shape index (κ2) is 2.91. The Morgan fingerprint density at radius 3 is 2.67 bits per heavy atom. The largest absolute Gasteiger partial charge is 0.394 e. The first-order valence-corrected chi connectivity index (χ1v) is 3.79. The van der Waals surface area contributed by atoms with Crippen molar-refractivity contribution >= 4 is 0 Å². The third-order valence-corrected chi connectivity index (χ3v) is 2.15. The lowest BCUT2D eigenvalue weighted by molar-refractivity contribution is -0.0475. The van der Waals surface area contributed by atoms with E-state index in [-0.39, 0.29) is 37.6 Å². The van der Waals surface area contributed by atoms with E-state index in [0.717, 1.165) is 0 Å². The van der Waals surface area contributed by atoms with Gasteiger partial charge in [-0.25, -0.2) is 0 Å². The molecule has 6 heteroatoms. The standard InChI is InChI=1S/C6H9N3O3/c7-9-8-1-3-5-6(12-5)4(2-10)11-3/h3-6,10H,1-2H2. The molecule has 2 aliphatic heterocycles. The SMILES string of the molecule is [N-]=[N+]=NCC1OC(CO)C2OC12. The summed E-state index contributed by atoms with van der Waals surface area (Å²) >= 11 is 0. The molecule has 0 saturated carbocycles. The van der Waals surface area contributed by atoms with Crippen LogP contribution in [0.1, 0.15) is 0 Å². The Hall–Kier alpha value is -0.810. The Balaban J connectivity index is 1.90. The van der Waals surface area contributed by atoms with Gasteiger partial charge in [-0.1, -0.05) is 5.11 Å². The molecule has 0 radical (unpaired) electrons. The number of aliphatic hydroxyl groups is 1. The maximum Gasteiger partial charge on any atom is 0.115 e. The first-order chi connectivity index (χ1) is 5.86. The number of hydrogen-bond donors (Lipinski definition) is 1. The molecule has 1 N–H and O–H groups in total. The van der Waals surface area contributed by atoms with Crippen molar-refractivity contribution in [3.05, 3.63) is 10.4 Å². The van der Waals surface area contributed by atoms with Gasteiger partial charge in [0.15, 0.2) is 0 Å². The van der Waals surface area contributed by atoms with Gasteiger partial charge in [-0.15, -0.1) is 0 Å². The summed E-state index contributed by atoms with van der Waals surface area (Å²) in [7, 11) is 0. The van der Waals surface area contributed by atoms with Gasteiger partial charge in [-0.2, -0.15) is 0 Å². The van der Waals surface area contributed by atoms with E-state index >= 15 is 0 Å². The number of hydrogen-bond acceptors (Lipinski definition) is 4. The summed E-state index contributed by atoms with van der Waals surface area (Å²) in [4.78, 5) is 2.63. The average Bonchev–Trinajstić information content (AvgIpc) is 2.80. The molecule has 0 spiro atoms. The molecule has 4 unspecified atom stereocenters. The third kappa shape index (κ3) is 1.15. The van der Waals surface area contributed by atoms with Crippen LogP contribution in [-0.2, 0) is 9.47 Å². The van der Waals surface area contributed by atoms with Gasteiger partial charge >= 0.3 is 0 Å². The summed E-state index contributed by atoms with van der Waals surface area (Å²) in [6.45, 7) is 0.252. The fourth-order valence-electron chi connectivity index (χ4n) is 1.52. The van der Waals surface area contributed by atoms with Gasteiger partial charge in [0.2, 0.25) is 0 Å². The predicted molar refractivity (Wildman–Crippen MR) is 38.4 cm³/mol. The highest BCUT2D eigenvalue weighted by Gasteiger charge is 2.57. The Morgan fingerprint density at radius 2 is 2.08 bits per heavy atom. The summed E-state index contributed by atoms with van der Waals surface area (Å²) in [6, 6.07) is 0. The zero-order chi connectivity index (χ0) is 8.55. The van der Waals surface area contributed by atoms with Gasteiger partial charge in [-0.05, 0) is 5.53 Å². The van der Waals surface area contributed by atoms with Crippen molar-refractivity contribution in [1.82, 2.24) is 0 Å². The molecule has 12 heavy (non-hydrogen) atoms. The summed E-state index contributed by atoms with van der Waals surface area (Å²) in [5.74, 6) is 0. The average molecular weight is 171 g/mol. The monoisotopic (exact) mass is 171 g/mol. The molecule has 0 aliphatic carbocycles. The number of fused-ring (bicyclic) bond motifs is 1. The molecule has 0 amide bonds. The Kier molecular flexibility index (Phi) is 1.90.